The Bertz CT molecular complexity index is 729. The fraction of sp³-hybridized carbons (Fsp3) is 0.500. The molecule has 7 nitrogen and oxygen atoms in total. The molecule has 2 aliphatic carbocycles. The molecule has 0 saturated heterocycles. The van der Waals surface area contributed by atoms with Gasteiger partial charge in [-0.15, -0.1) is 0 Å². The zero-order valence-corrected chi connectivity index (χ0v) is 15.9. The van der Waals surface area contributed by atoms with E-state index < -0.39 is 12.2 Å². The van der Waals surface area contributed by atoms with Crippen LogP contribution in [-0.4, -0.2) is 42.6 Å². The molecule has 1 spiro atoms. The van der Waals surface area contributed by atoms with Crippen LogP contribution in [-0.2, 0) is 9.47 Å². The summed E-state index contributed by atoms with van der Waals surface area (Å²) in [4.78, 5) is 24.4. The Balaban J connectivity index is 1.78. The summed E-state index contributed by atoms with van der Waals surface area (Å²) in [5.41, 5.74) is 3.31. The number of hydrazine groups is 1. The highest BCUT2D eigenvalue weighted by molar-refractivity contribution is 5.75. The number of amides is 2. The summed E-state index contributed by atoms with van der Waals surface area (Å²) in [6.45, 7) is 5.86. The number of carbonyl (C=O) groups is 2. The van der Waals surface area contributed by atoms with Gasteiger partial charge in [-0.25, -0.2) is 20.0 Å². The highest BCUT2D eigenvalue weighted by Gasteiger charge is 2.61. The molecule has 2 aliphatic rings. The molecular weight excluding hydrogens is 348 g/mol. The highest BCUT2D eigenvalue weighted by Crippen LogP contribution is 2.58. The van der Waals surface area contributed by atoms with Crippen LogP contribution in [0, 0.1) is 12.3 Å². The zero-order valence-electron chi connectivity index (χ0n) is 15.9. The number of para-hydroxylation sites is 1. The van der Waals surface area contributed by atoms with E-state index in [1.165, 1.54) is 5.01 Å². The van der Waals surface area contributed by atoms with E-state index in [9.17, 15) is 9.59 Å². The first kappa shape index (κ1) is 19.1. The third-order valence-electron chi connectivity index (χ3n) is 5.03. The summed E-state index contributed by atoms with van der Waals surface area (Å²) < 4.78 is 16.3. The van der Waals surface area contributed by atoms with Crippen LogP contribution in [0.4, 0.5) is 9.59 Å². The van der Waals surface area contributed by atoms with Crippen LogP contribution in [0.5, 0.6) is 5.75 Å². The molecule has 0 unspecified atom stereocenters. The van der Waals surface area contributed by atoms with Gasteiger partial charge < -0.3 is 14.2 Å². The summed E-state index contributed by atoms with van der Waals surface area (Å²) in [5, 5.41) is 1.23. The largest absolute Gasteiger partial charge is 0.485 e. The third-order valence-corrected chi connectivity index (χ3v) is 5.03. The van der Waals surface area contributed by atoms with Crippen LogP contribution in [0.2, 0.25) is 0 Å². The van der Waals surface area contributed by atoms with E-state index in [0.29, 0.717) is 0 Å². The van der Waals surface area contributed by atoms with Crippen molar-refractivity contribution in [3.63, 3.8) is 0 Å². The smallest absolute Gasteiger partial charge is 0.429 e. The fourth-order valence-corrected chi connectivity index (χ4v) is 3.49. The van der Waals surface area contributed by atoms with Gasteiger partial charge in [0.05, 0.1) is 19.3 Å². The summed E-state index contributed by atoms with van der Waals surface area (Å²) in [6, 6.07) is 7.49. The molecular formula is C20H26N2O5. The predicted octanol–water partition coefficient (Wildman–Crippen LogP) is 3.58. The number of nitrogens with zero attached hydrogens (tertiary/aromatic N) is 1. The number of rotatable bonds is 5. The number of aryl methyl sites for hydroxylation is 1. The monoisotopic (exact) mass is 374 g/mol. The second-order valence-electron chi connectivity index (χ2n) is 6.77. The Kier molecular flexibility index (Phi) is 5.58. The minimum absolute atomic E-state index is 0.176. The van der Waals surface area contributed by atoms with Crippen LogP contribution in [0.15, 0.2) is 36.4 Å². The summed E-state index contributed by atoms with van der Waals surface area (Å²) >= 11 is 0. The van der Waals surface area contributed by atoms with Gasteiger partial charge in [0.25, 0.3) is 0 Å². The van der Waals surface area contributed by atoms with Crippen LogP contribution in [0.1, 0.15) is 32.3 Å². The summed E-state index contributed by atoms with van der Waals surface area (Å²) in [7, 11) is 0. The molecule has 1 aromatic rings. The van der Waals surface area contributed by atoms with Crippen molar-refractivity contribution >= 4 is 12.2 Å². The minimum Gasteiger partial charge on any atom is -0.485 e. The molecule has 27 heavy (non-hydrogen) atoms. The van der Waals surface area contributed by atoms with Crippen molar-refractivity contribution in [1.82, 2.24) is 10.4 Å². The Morgan fingerprint density at radius 2 is 1.85 bits per heavy atom. The Labute approximate surface area is 159 Å². The summed E-state index contributed by atoms with van der Waals surface area (Å²) in [6.07, 6.45) is 4.18. The molecule has 0 bridgehead atoms. The molecule has 0 heterocycles. The second kappa shape index (κ2) is 7.90. The molecule has 0 aliphatic heterocycles. The van der Waals surface area contributed by atoms with Gasteiger partial charge in [-0.2, -0.15) is 0 Å². The van der Waals surface area contributed by atoms with E-state index in [1.54, 1.807) is 13.8 Å². The number of hydrogen-bond acceptors (Lipinski definition) is 5. The maximum Gasteiger partial charge on any atom is 0.429 e. The molecule has 1 saturated carbocycles. The maximum absolute atomic E-state index is 12.5. The van der Waals surface area contributed by atoms with Gasteiger partial charge in [0.1, 0.15) is 11.9 Å². The highest BCUT2D eigenvalue weighted by atomic mass is 16.6. The normalized spacial score (nSPS) is 21.6. The number of nitrogens with one attached hydrogen (secondary N) is 1. The van der Waals surface area contributed by atoms with E-state index in [0.717, 1.165) is 24.2 Å². The third kappa shape index (κ3) is 3.86. The van der Waals surface area contributed by atoms with E-state index in [2.05, 4.69) is 5.43 Å². The second-order valence-corrected chi connectivity index (χ2v) is 6.77. The molecule has 0 radical (unpaired) electrons. The molecule has 7 heteroatoms. The molecule has 3 rings (SSSR count). The Hall–Kier alpha value is -2.70. The van der Waals surface area contributed by atoms with Gasteiger partial charge in [0, 0.05) is 5.41 Å². The quantitative estimate of drug-likeness (QED) is 0.630. The number of carbonyl (C=O) groups excluding carboxylic acids is 2. The molecule has 2 amide bonds. The van der Waals surface area contributed by atoms with E-state index in [1.807, 2.05) is 43.3 Å². The lowest BCUT2D eigenvalue weighted by molar-refractivity contribution is 0.0362. The lowest BCUT2D eigenvalue weighted by Crippen LogP contribution is -2.55. The topological polar surface area (TPSA) is 77.1 Å². The molecule has 1 aromatic carbocycles. The first-order valence-corrected chi connectivity index (χ1v) is 9.32. The lowest BCUT2D eigenvalue weighted by atomic mass is 9.96. The van der Waals surface area contributed by atoms with Crippen molar-refractivity contribution in [2.45, 2.75) is 45.8 Å². The average Bonchev–Trinajstić information content (AvgIpc) is 3.35. The fourth-order valence-electron chi connectivity index (χ4n) is 3.49. The van der Waals surface area contributed by atoms with Crippen LogP contribution in [0.25, 0.3) is 0 Å². The first-order chi connectivity index (χ1) is 13.0. The molecule has 0 aromatic heterocycles. The van der Waals surface area contributed by atoms with Crippen molar-refractivity contribution in [1.29, 1.82) is 0 Å². The SMILES string of the molecule is CCOC(=O)NN(C(=O)OCC)[C@H]1C=C[C@@H](Oc2ccccc2C)C12CC2. The Morgan fingerprint density at radius 1 is 1.15 bits per heavy atom. The molecule has 146 valence electrons. The van der Waals surface area contributed by atoms with Crippen LogP contribution >= 0.6 is 0 Å². The lowest BCUT2D eigenvalue weighted by Gasteiger charge is -2.33. The molecule has 2 atom stereocenters. The van der Waals surface area contributed by atoms with Crippen molar-refractivity contribution in [3.8, 4) is 5.75 Å². The van der Waals surface area contributed by atoms with Gasteiger partial charge >= 0.3 is 12.2 Å². The Morgan fingerprint density at radius 3 is 2.48 bits per heavy atom. The van der Waals surface area contributed by atoms with Crippen LogP contribution < -0.4 is 10.2 Å². The van der Waals surface area contributed by atoms with Gasteiger partial charge in [-0.3, -0.25) is 0 Å². The summed E-state index contributed by atoms with van der Waals surface area (Å²) in [5.74, 6) is 0.820. The molecule has 1 N–H and O–H groups in total. The molecule has 1 fully saturated rings. The average molecular weight is 374 g/mol. The van der Waals surface area contributed by atoms with Gasteiger partial charge in [-0.05, 0) is 51.3 Å². The predicted molar refractivity (Wildman–Crippen MR) is 99.2 cm³/mol. The zero-order chi connectivity index (χ0) is 19.4. The van der Waals surface area contributed by atoms with Crippen molar-refractivity contribution < 1.29 is 23.8 Å². The van der Waals surface area contributed by atoms with Crippen LogP contribution in [0.3, 0.4) is 0 Å². The standard InChI is InChI=1S/C20H26N2O5/c1-4-25-18(23)21-22(19(24)26-5-2)16-10-11-17(20(16)12-13-20)27-15-9-7-6-8-14(15)3/h6-11,16-17H,4-5,12-13H2,1-3H3,(H,21,23)/t16-,17+/m0/s1. The van der Waals surface area contributed by atoms with Gasteiger partial charge in [-0.1, -0.05) is 24.3 Å². The number of benzene rings is 1. The number of ether oxygens (including phenoxy) is 3. The number of hydrogen-bond donors (Lipinski definition) is 1. The van der Waals surface area contributed by atoms with Crippen molar-refractivity contribution in [2.75, 3.05) is 13.2 Å². The van der Waals surface area contributed by atoms with Crippen molar-refractivity contribution in [2.24, 2.45) is 5.41 Å². The minimum atomic E-state index is -0.682. The maximum atomic E-state index is 12.5. The first-order valence-electron chi connectivity index (χ1n) is 9.32. The van der Waals surface area contributed by atoms with E-state index in [4.69, 9.17) is 14.2 Å². The van der Waals surface area contributed by atoms with Gasteiger partial charge in [0.15, 0.2) is 0 Å². The van der Waals surface area contributed by atoms with E-state index >= 15 is 0 Å². The van der Waals surface area contributed by atoms with E-state index in [-0.39, 0.29) is 30.8 Å². The van der Waals surface area contributed by atoms with Crippen molar-refractivity contribution in [3.05, 3.63) is 42.0 Å². The van der Waals surface area contributed by atoms with Gasteiger partial charge in [0.2, 0.25) is 0 Å².